The van der Waals surface area contributed by atoms with E-state index in [9.17, 15) is 9.90 Å². The van der Waals surface area contributed by atoms with Gasteiger partial charge in [-0.05, 0) is 43.2 Å². The number of piperidine rings is 1. The fourth-order valence-electron chi connectivity index (χ4n) is 3.32. The van der Waals surface area contributed by atoms with Crippen LogP contribution < -0.4 is 0 Å². The number of hydrogen-bond donors (Lipinski definition) is 2. The monoisotopic (exact) mass is 321 g/mol. The predicted molar refractivity (Wildman–Crippen MR) is 91.6 cm³/mol. The zero-order valence-corrected chi connectivity index (χ0v) is 13.3. The molecule has 3 heterocycles. The van der Waals surface area contributed by atoms with Crippen LogP contribution in [0.1, 0.15) is 28.9 Å². The number of benzene rings is 1. The van der Waals surface area contributed by atoms with Crippen LogP contribution in [0.15, 0.2) is 54.7 Å². The van der Waals surface area contributed by atoms with Crippen molar-refractivity contribution in [3.05, 3.63) is 66.0 Å². The molecule has 0 atom stereocenters. The van der Waals surface area contributed by atoms with E-state index in [1.165, 1.54) is 0 Å². The first-order valence-electron chi connectivity index (χ1n) is 8.17. The minimum absolute atomic E-state index is 0.0240. The van der Waals surface area contributed by atoms with E-state index >= 15 is 0 Å². The lowest BCUT2D eigenvalue weighted by molar-refractivity contribution is -0.0238. The van der Waals surface area contributed by atoms with Crippen LogP contribution >= 0.6 is 0 Å². The van der Waals surface area contributed by atoms with Crippen molar-refractivity contribution in [3.63, 3.8) is 0 Å². The quantitative estimate of drug-likeness (QED) is 0.762. The number of hydrogen-bond acceptors (Lipinski definition) is 3. The normalized spacial score (nSPS) is 17.1. The van der Waals surface area contributed by atoms with Crippen LogP contribution in [0.2, 0.25) is 0 Å². The standard InChI is InChI=1S/C19H19N3O2/c23-18(14-5-2-1-3-6-14)22-11-8-19(24,9-12-22)17-13-16-15(21-17)7-4-10-20-16/h1-7,10,13,21,24H,8-9,11-12H2. The van der Waals surface area contributed by atoms with Gasteiger partial charge in [-0.25, -0.2) is 0 Å². The molecule has 1 fully saturated rings. The van der Waals surface area contributed by atoms with Gasteiger partial charge in [0.25, 0.3) is 5.91 Å². The van der Waals surface area contributed by atoms with Crippen molar-refractivity contribution in [2.24, 2.45) is 0 Å². The van der Waals surface area contributed by atoms with Crippen LogP contribution in [-0.4, -0.2) is 39.0 Å². The largest absolute Gasteiger partial charge is 0.384 e. The maximum atomic E-state index is 12.5. The Hall–Kier alpha value is -2.66. The highest BCUT2D eigenvalue weighted by Crippen LogP contribution is 2.34. The van der Waals surface area contributed by atoms with Crippen molar-refractivity contribution in [3.8, 4) is 0 Å². The molecule has 5 nitrogen and oxygen atoms in total. The first-order valence-corrected chi connectivity index (χ1v) is 8.17. The molecule has 0 saturated carbocycles. The zero-order valence-electron chi connectivity index (χ0n) is 13.3. The Morgan fingerprint density at radius 1 is 1.12 bits per heavy atom. The van der Waals surface area contributed by atoms with Crippen LogP contribution in [0.3, 0.4) is 0 Å². The minimum atomic E-state index is -0.936. The summed E-state index contributed by atoms with van der Waals surface area (Å²) in [4.78, 5) is 21.9. The molecule has 5 heteroatoms. The molecule has 0 spiro atoms. The van der Waals surface area contributed by atoms with Crippen LogP contribution in [0.5, 0.6) is 0 Å². The summed E-state index contributed by atoms with van der Waals surface area (Å²) >= 11 is 0. The first kappa shape index (κ1) is 14.9. The molecule has 1 aromatic carbocycles. The van der Waals surface area contributed by atoms with E-state index < -0.39 is 5.60 Å². The van der Waals surface area contributed by atoms with Crippen LogP contribution in [0, 0.1) is 0 Å². The number of H-pyrrole nitrogens is 1. The van der Waals surface area contributed by atoms with Gasteiger partial charge in [0.15, 0.2) is 0 Å². The Morgan fingerprint density at radius 2 is 1.88 bits per heavy atom. The third-order valence-corrected chi connectivity index (χ3v) is 4.79. The number of pyridine rings is 1. The summed E-state index contributed by atoms with van der Waals surface area (Å²) in [6, 6.07) is 15.0. The highest BCUT2D eigenvalue weighted by molar-refractivity contribution is 5.94. The number of aromatic nitrogens is 2. The number of fused-ring (bicyclic) bond motifs is 1. The summed E-state index contributed by atoms with van der Waals surface area (Å²) in [5, 5.41) is 11.0. The third kappa shape index (κ3) is 2.57. The van der Waals surface area contributed by atoms with Gasteiger partial charge in [0, 0.05) is 30.5 Å². The third-order valence-electron chi connectivity index (χ3n) is 4.79. The molecular formula is C19H19N3O2. The SMILES string of the molecule is O=C(c1ccccc1)N1CCC(O)(c2cc3ncccc3[nH]2)CC1. The number of amides is 1. The summed E-state index contributed by atoms with van der Waals surface area (Å²) in [5.74, 6) is 0.0240. The molecule has 122 valence electrons. The van der Waals surface area contributed by atoms with E-state index in [-0.39, 0.29) is 5.91 Å². The molecular weight excluding hydrogens is 302 g/mol. The summed E-state index contributed by atoms with van der Waals surface area (Å²) in [7, 11) is 0. The van der Waals surface area contributed by atoms with Crippen LogP contribution in [-0.2, 0) is 5.60 Å². The lowest BCUT2D eigenvalue weighted by atomic mass is 9.88. The van der Waals surface area contributed by atoms with Gasteiger partial charge in [-0.1, -0.05) is 18.2 Å². The number of nitrogens with zero attached hydrogens (tertiary/aromatic N) is 2. The molecule has 1 aliphatic heterocycles. The van der Waals surface area contributed by atoms with E-state index in [1.807, 2.05) is 53.4 Å². The smallest absolute Gasteiger partial charge is 0.253 e. The summed E-state index contributed by atoms with van der Waals surface area (Å²) in [6.45, 7) is 1.07. The maximum Gasteiger partial charge on any atom is 0.253 e. The van der Waals surface area contributed by atoms with Crippen LogP contribution in [0.25, 0.3) is 11.0 Å². The van der Waals surface area contributed by atoms with Gasteiger partial charge in [0.05, 0.1) is 11.0 Å². The molecule has 1 aliphatic rings. The molecule has 1 amide bonds. The molecule has 3 aromatic rings. The lowest BCUT2D eigenvalue weighted by Crippen LogP contribution is -2.45. The Balaban J connectivity index is 1.51. The minimum Gasteiger partial charge on any atom is -0.384 e. The second kappa shape index (κ2) is 5.76. The Labute approximate surface area is 139 Å². The van der Waals surface area contributed by atoms with Gasteiger partial charge < -0.3 is 15.0 Å². The van der Waals surface area contributed by atoms with E-state index in [0.717, 1.165) is 16.7 Å². The van der Waals surface area contributed by atoms with Crippen molar-refractivity contribution in [1.82, 2.24) is 14.9 Å². The van der Waals surface area contributed by atoms with Crippen molar-refractivity contribution >= 4 is 16.9 Å². The zero-order chi connectivity index (χ0) is 16.6. The Kier molecular flexibility index (Phi) is 3.58. The van der Waals surface area contributed by atoms with Crippen LogP contribution in [0.4, 0.5) is 0 Å². The fourth-order valence-corrected chi connectivity index (χ4v) is 3.32. The highest BCUT2D eigenvalue weighted by Gasteiger charge is 2.36. The van der Waals surface area contributed by atoms with Gasteiger partial charge in [0.1, 0.15) is 5.60 Å². The summed E-state index contributed by atoms with van der Waals surface area (Å²) in [6.07, 6.45) is 2.77. The molecule has 4 rings (SSSR count). The molecule has 2 N–H and O–H groups in total. The average Bonchev–Trinajstić information content (AvgIpc) is 3.08. The number of aliphatic hydroxyl groups is 1. The lowest BCUT2D eigenvalue weighted by Gasteiger charge is -2.37. The number of rotatable bonds is 2. The van der Waals surface area contributed by atoms with E-state index in [2.05, 4.69) is 9.97 Å². The number of carbonyl (C=O) groups excluding carboxylic acids is 1. The van der Waals surface area contributed by atoms with Gasteiger partial charge in [-0.15, -0.1) is 0 Å². The van der Waals surface area contributed by atoms with Crippen molar-refractivity contribution in [2.75, 3.05) is 13.1 Å². The topological polar surface area (TPSA) is 69.2 Å². The van der Waals surface area contributed by atoms with Crippen molar-refractivity contribution < 1.29 is 9.90 Å². The highest BCUT2D eigenvalue weighted by atomic mass is 16.3. The molecule has 1 saturated heterocycles. The second-order valence-electron chi connectivity index (χ2n) is 6.31. The van der Waals surface area contributed by atoms with Gasteiger partial charge >= 0.3 is 0 Å². The number of nitrogens with one attached hydrogen (secondary N) is 1. The van der Waals surface area contributed by atoms with Gasteiger partial charge in [-0.3, -0.25) is 9.78 Å². The molecule has 2 aromatic heterocycles. The molecule has 0 aliphatic carbocycles. The van der Waals surface area contributed by atoms with E-state index in [4.69, 9.17) is 0 Å². The van der Waals surface area contributed by atoms with E-state index in [0.29, 0.717) is 31.5 Å². The Bertz CT molecular complexity index is 831. The molecule has 0 unspecified atom stereocenters. The molecule has 0 radical (unpaired) electrons. The number of likely N-dealkylation sites (tertiary alicyclic amines) is 1. The maximum absolute atomic E-state index is 12.5. The summed E-state index contributed by atoms with van der Waals surface area (Å²) < 4.78 is 0. The predicted octanol–water partition coefficient (Wildman–Crippen LogP) is 2.69. The van der Waals surface area contributed by atoms with Crippen molar-refractivity contribution in [2.45, 2.75) is 18.4 Å². The van der Waals surface area contributed by atoms with Gasteiger partial charge in [0.2, 0.25) is 0 Å². The number of carbonyl (C=O) groups is 1. The first-order chi connectivity index (χ1) is 11.7. The number of aromatic amines is 1. The Morgan fingerprint density at radius 3 is 2.58 bits per heavy atom. The fraction of sp³-hybridized carbons (Fsp3) is 0.263. The molecule has 24 heavy (non-hydrogen) atoms. The summed E-state index contributed by atoms with van der Waals surface area (Å²) in [5.41, 5.74) is 2.31. The molecule has 0 bridgehead atoms. The average molecular weight is 321 g/mol. The second-order valence-corrected chi connectivity index (χ2v) is 6.31. The van der Waals surface area contributed by atoms with E-state index in [1.54, 1.807) is 6.20 Å². The van der Waals surface area contributed by atoms with Gasteiger partial charge in [-0.2, -0.15) is 0 Å². The van der Waals surface area contributed by atoms with Crippen molar-refractivity contribution in [1.29, 1.82) is 0 Å².